The van der Waals surface area contributed by atoms with E-state index >= 15 is 0 Å². The Morgan fingerprint density at radius 2 is 1.62 bits per heavy atom. The van der Waals surface area contributed by atoms with E-state index in [-0.39, 0.29) is 10.8 Å². The summed E-state index contributed by atoms with van der Waals surface area (Å²) in [6.45, 7) is 0. The first kappa shape index (κ1) is 19.8. The predicted octanol–water partition coefficient (Wildman–Crippen LogP) is 3.59. The number of carbonyl (C=O) groups excluding carboxylic acids is 1. The van der Waals surface area contributed by atoms with Crippen LogP contribution < -0.4 is 14.8 Å². The van der Waals surface area contributed by atoms with Gasteiger partial charge in [-0.2, -0.15) is 0 Å². The molecule has 0 atom stereocenters. The Morgan fingerprint density at radius 3 is 2.17 bits per heavy atom. The third kappa shape index (κ3) is 4.10. The molecule has 0 aromatic heterocycles. The summed E-state index contributed by atoms with van der Waals surface area (Å²) in [6.07, 6.45) is 6.16. The van der Waals surface area contributed by atoms with E-state index in [0.29, 0.717) is 17.5 Å². The van der Waals surface area contributed by atoms with Crippen molar-refractivity contribution in [2.75, 3.05) is 11.8 Å². The predicted molar refractivity (Wildman–Crippen MR) is 112 cm³/mol. The standard InChI is InChI=1S/C22H26N2O4S/c1-28-19-10-12-20(13-11-19)29(26,27)24-18-8-6-16(7-9-18)22(14-15-22)21(25)23-17-4-2-3-5-17/h6-13,17,24H,2-5,14-15H2,1H3,(H,23,25). The van der Waals surface area contributed by atoms with E-state index in [9.17, 15) is 13.2 Å². The van der Waals surface area contributed by atoms with Gasteiger partial charge in [0.25, 0.3) is 10.0 Å². The van der Waals surface area contributed by atoms with Crippen LogP contribution in [-0.4, -0.2) is 27.5 Å². The maximum absolute atomic E-state index is 12.8. The van der Waals surface area contributed by atoms with Crippen molar-refractivity contribution in [3.05, 3.63) is 54.1 Å². The summed E-state index contributed by atoms with van der Waals surface area (Å²) in [5, 5.41) is 3.20. The van der Waals surface area contributed by atoms with Gasteiger partial charge in [0.15, 0.2) is 0 Å². The molecule has 0 saturated heterocycles. The molecule has 154 valence electrons. The molecule has 1 amide bonds. The molecule has 29 heavy (non-hydrogen) atoms. The van der Waals surface area contributed by atoms with Gasteiger partial charge in [0.2, 0.25) is 5.91 Å². The summed E-state index contributed by atoms with van der Waals surface area (Å²) in [7, 11) is -2.16. The molecule has 2 N–H and O–H groups in total. The molecule has 0 spiro atoms. The van der Waals surface area contributed by atoms with Gasteiger partial charge in [0.1, 0.15) is 5.75 Å². The fraction of sp³-hybridized carbons (Fsp3) is 0.409. The zero-order chi connectivity index (χ0) is 20.5. The Bertz CT molecular complexity index is 974. The average Bonchev–Trinajstić information content (AvgIpc) is 3.39. The molecule has 2 saturated carbocycles. The lowest BCUT2D eigenvalue weighted by molar-refractivity contribution is -0.124. The molecule has 2 fully saturated rings. The van der Waals surface area contributed by atoms with Gasteiger partial charge in [-0.25, -0.2) is 8.42 Å². The molecule has 2 aliphatic rings. The number of rotatable bonds is 7. The Morgan fingerprint density at radius 1 is 1.00 bits per heavy atom. The van der Waals surface area contributed by atoms with Crippen LogP contribution in [0.1, 0.15) is 44.1 Å². The van der Waals surface area contributed by atoms with Gasteiger partial charge in [-0.15, -0.1) is 0 Å². The quantitative estimate of drug-likeness (QED) is 0.725. The molecule has 0 aliphatic heterocycles. The number of benzene rings is 2. The highest BCUT2D eigenvalue weighted by Crippen LogP contribution is 2.49. The van der Waals surface area contributed by atoms with Crippen LogP contribution in [0.4, 0.5) is 5.69 Å². The number of carbonyl (C=O) groups is 1. The van der Waals surface area contributed by atoms with Crippen molar-refractivity contribution in [3.8, 4) is 5.75 Å². The van der Waals surface area contributed by atoms with E-state index in [1.165, 1.54) is 32.1 Å². The minimum Gasteiger partial charge on any atom is -0.497 e. The van der Waals surface area contributed by atoms with E-state index in [1.54, 1.807) is 24.3 Å². The summed E-state index contributed by atoms with van der Waals surface area (Å²) >= 11 is 0. The van der Waals surface area contributed by atoms with Gasteiger partial charge in [-0.3, -0.25) is 9.52 Å². The second-order valence-electron chi connectivity index (χ2n) is 7.90. The van der Waals surface area contributed by atoms with Crippen molar-refractivity contribution in [3.63, 3.8) is 0 Å². The second-order valence-corrected chi connectivity index (χ2v) is 9.58. The largest absolute Gasteiger partial charge is 0.497 e. The third-order valence-electron chi connectivity index (χ3n) is 5.93. The molecule has 2 aliphatic carbocycles. The summed E-state index contributed by atoms with van der Waals surface area (Å²) in [4.78, 5) is 13.0. The van der Waals surface area contributed by atoms with E-state index in [1.807, 2.05) is 12.1 Å². The van der Waals surface area contributed by atoms with Gasteiger partial charge < -0.3 is 10.1 Å². The van der Waals surface area contributed by atoms with E-state index in [0.717, 1.165) is 31.2 Å². The molecule has 2 aromatic carbocycles. The van der Waals surface area contributed by atoms with Crippen molar-refractivity contribution in [2.24, 2.45) is 0 Å². The topological polar surface area (TPSA) is 84.5 Å². The number of hydrogen-bond donors (Lipinski definition) is 2. The number of hydrogen-bond acceptors (Lipinski definition) is 4. The Hall–Kier alpha value is -2.54. The van der Waals surface area contributed by atoms with Gasteiger partial charge >= 0.3 is 0 Å². The smallest absolute Gasteiger partial charge is 0.261 e. The van der Waals surface area contributed by atoms with Crippen molar-refractivity contribution in [1.29, 1.82) is 0 Å². The zero-order valence-corrected chi connectivity index (χ0v) is 17.3. The third-order valence-corrected chi connectivity index (χ3v) is 7.33. The number of methoxy groups -OCH3 is 1. The van der Waals surface area contributed by atoms with Crippen LogP contribution in [0.15, 0.2) is 53.4 Å². The van der Waals surface area contributed by atoms with Crippen molar-refractivity contribution in [2.45, 2.75) is 54.9 Å². The van der Waals surface area contributed by atoms with Gasteiger partial charge in [0.05, 0.1) is 17.4 Å². The first-order chi connectivity index (χ1) is 13.9. The van der Waals surface area contributed by atoms with Crippen LogP contribution in [0.2, 0.25) is 0 Å². The lowest BCUT2D eigenvalue weighted by Crippen LogP contribution is -2.40. The van der Waals surface area contributed by atoms with Gasteiger partial charge in [-0.1, -0.05) is 25.0 Å². The minimum atomic E-state index is -3.69. The lowest BCUT2D eigenvalue weighted by atomic mass is 9.94. The number of sulfonamides is 1. The SMILES string of the molecule is COc1ccc(S(=O)(=O)Nc2ccc(C3(C(=O)NC4CCCC4)CC3)cc2)cc1. The molecule has 2 aromatic rings. The van der Waals surface area contributed by atoms with Crippen LogP contribution in [-0.2, 0) is 20.2 Å². The van der Waals surface area contributed by atoms with Gasteiger partial charge in [-0.05, 0) is 67.6 Å². The molecule has 7 heteroatoms. The number of amides is 1. The summed E-state index contributed by atoms with van der Waals surface area (Å²) < 4.78 is 32.8. The van der Waals surface area contributed by atoms with Crippen LogP contribution in [0.25, 0.3) is 0 Å². The second kappa shape index (κ2) is 7.71. The first-order valence-electron chi connectivity index (χ1n) is 10.0. The van der Waals surface area contributed by atoms with Crippen LogP contribution in [0.3, 0.4) is 0 Å². The maximum atomic E-state index is 12.8. The molecule has 0 unspecified atom stereocenters. The summed E-state index contributed by atoms with van der Waals surface area (Å²) in [6, 6.07) is 13.7. The highest BCUT2D eigenvalue weighted by atomic mass is 32.2. The van der Waals surface area contributed by atoms with Crippen molar-refractivity contribution >= 4 is 21.6 Å². The fourth-order valence-corrected chi connectivity index (χ4v) is 5.05. The van der Waals surface area contributed by atoms with Crippen LogP contribution >= 0.6 is 0 Å². The molecule has 0 radical (unpaired) electrons. The first-order valence-corrected chi connectivity index (χ1v) is 11.5. The summed E-state index contributed by atoms with van der Waals surface area (Å²) in [5.74, 6) is 0.704. The number of nitrogens with one attached hydrogen (secondary N) is 2. The molecule has 6 nitrogen and oxygen atoms in total. The Labute approximate surface area is 171 Å². The maximum Gasteiger partial charge on any atom is 0.261 e. The normalized spacial score (nSPS) is 18.2. The van der Waals surface area contributed by atoms with Gasteiger partial charge in [0, 0.05) is 11.7 Å². The van der Waals surface area contributed by atoms with Crippen LogP contribution in [0.5, 0.6) is 5.75 Å². The highest BCUT2D eigenvalue weighted by molar-refractivity contribution is 7.92. The summed E-state index contributed by atoms with van der Waals surface area (Å²) in [5.41, 5.74) is 0.965. The van der Waals surface area contributed by atoms with Crippen LogP contribution in [0, 0.1) is 0 Å². The Balaban J connectivity index is 1.45. The zero-order valence-electron chi connectivity index (χ0n) is 16.5. The average molecular weight is 415 g/mol. The molecule has 4 rings (SSSR count). The number of ether oxygens (including phenoxy) is 1. The van der Waals surface area contributed by atoms with E-state index in [4.69, 9.17) is 4.74 Å². The van der Waals surface area contributed by atoms with E-state index < -0.39 is 15.4 Å². The molecular formula is C22H26N2O4S. The molecular weight excluding hydrogens is 388 g/mol. The monoisotopic (exact) mass is 414 g/mol. The Kier molecular flexibility index (Phi) is 5.25. The van der Waals surface area contributed by atoms with Crippen molar-refractivity contribution in [1.82, 2.24) is 5.32 Å². The highest BCUT2D eigenvalue weighted by Gasteiger charge is 2.51. The lowest BCUT2D eigenvalue weighted by Gasteiger charge is -2.20. The molecule has 0 heterocycles. The molecule has 0 bridgehead atoms. The minimum absolute atomic E-state index is 0.107. The van der Waals surface area contributed by atoms with E-state index in [2.05, 4.69) is 10.0 Å². The van der Waals surface area contributed by atoms with Crippen molar-refractivity contribution < 1.29 is 17.9 Å². The fourth-order valence-electron chi connectivity index (χ4n) is 3.99. The number of anilines is 1.